The van der Waals surface area contributed by atoms with Gasteiger partial charge in [0.2, 0.25) is 12.4 Å². The average molecular weight is 495 g/mol. The van der Waals surface area contributed by atoms with Gasteiger partial charge in [-0.3, -0.25) is 14.4 Å². The van der Waals surface area contributed by atoms with Gasteiger partial charge >= 0.3 is 23.9 Å². The Hall–Kier alpha value is -3.14. The van der Waals surface area contributed by atoms with E-state index in [4.69, 9.17) is 23.7 Å². The number of hydrogen-bond donors (Lipinski definition) is 1. The molecule has 0 amide bonds. The highest BCUT2D eigenvalue weighted by Crippen LogP contribution is 2.32. The first-order valence-electron chi connectivity index (χ1n) is 11.9. The van der Waals surface area contributed by atoms with Crippen LogP contribution in [0.4, 0.5) is 0 Å². The normalized spacial score (nSPS) is 23.7. The molecule has 1 aliphatic rings. The Bertz CT molecular complexity index is 883. The number of esters is 3. The molecule has 1 aliphatic heterocycles. The van der Waals surface area contributed by atoms with Gasteiger partial charge < -0.3 is 28.8 Å². The molecular formula is C25H34O10. The minimum atomic E-state index is -1.33. The summed E-state index contributed by atoms with van der Waals surface area (Å²) < 4.78 is 28.7. The second kappa shape index (κ2) is 13.7. The number of hydrogen-bond acceptors (Lipinski definition) is 9. The molecule has 1 N–H and O–H groups in total. The van der Waals surface area contributed by atoms with E-state index in [1.165, 1.54) is 18.2 Å². The van der Waals surface area contributed by atoms with Crippen LogP contribution in [-0.2, 0) is 33.3 Å². The lowest BCUT2D eigenvalue weighted by molar-refractivity contribution is -0.281. The molecule has 2 rings (SSSR count). The largest absolute Gasteiger partial charge is 0.478 e. The third-order valence-electron chi connectivity index (χ3n) is 5.25. The molecule has 1 fully saturated rings. The standard InChI is InChI=1S/C25H34O10/c1-5-10-18(26)33-21-15(4)31-25(32-17-14-9-8-13-16(17)24(29)30)23(35-20(28)12-7-3)22(21)34-19(27)11-6-2/h8-9,13-15,21-23,25H,5-7,10-12H2,1-4H3,(H,29,30)/t15-,21+,22+,23-,25-/m0/s1. The topological polar surface area (TPSA) is 135 Å². The van der Waals surface area contributed by atoms with Crippen LogP contribution in [0.15, 0.2) is 24.3 Å². The van der Waals surface area contributed by atoms with Crippen LogP contribution < -0.4 is 4.74 Å². The predicted molar refractivity (Wildman–Crippen MR) is 123 cm³/mol. The van der Waals surface area contributed by atoms with Crippen LogP contribution in [0.3, 0.4) is 0 Å². The van der Waals surface area contributed by atoms with Gasteiger partial charge in [0.15, 0.2) is 12.2 Å². The molecule has 0 unspecified atom stereocenters. The molecule has 0 saturated carbocycles. The molecule has 1 saturated heterocycles. The van der Waals surface area contributed by atoms with Crippen molar-refractivity contribution in [1.29, 1.82) is 0 Å². The van der Waals surface area contributed by atoms with Crippen molar-refractivity contribution in [3.63, 3.8) is 0 Å². The lowest BCUT2D eigenvalue weighted by Crippen LogP contribution is -2.62. The zero-order chi connectivity index (χ0) is 26.0. The number of aromatic carboxylic acids is 1. The van der Waals surface area contributed by atoms with Crippen LogP contribution in [0.25, 0.3) is 0 Å². The Kier molecular flexibility index (Phi) is 11.0. The summed E-state index contributed by atoms with van der Waals surface area (Å²) in [6, 6.07) is 5.92. The van der Waals surface area contributed by atoms with E-state index >= 15 is 0 Å². The van der Waals surface area contributed by atoms with Crippen molar-refractivity contribution in [2.24, 2.45) is 0 Å². The first kappa shape index (κ1) is 28.1. The summed E-state index contributed by atoms with van der Waals surface area (Å²) in [6.45, 7) is 7.03. The number of benzene rings is 1. The lowest BCUT2D eigenvalue weighted by Gasteiger charge is -2.43. The summed E-state index contributed by atoms with van der Waals surface area (Å²) in [5.74, 6) is -2.91. The predicted octanol–water partition coefficient (Wildman–Crippen LogP) is 3.64. The molecule has 194 valence electrons. The monoisotopic (exact) mass is 494 g/mol. The van der Waals surface area contributed by atoms with Crippen LogP contribution in [0.5, 0.6) is 5.75 Å². The molecular weight excluding hydrogens is 460 g/mol. The molecule has 0 aromatic heterocycles. The van der Waals surface area contributed by atoms with E-state index in [0.29, 0.717) is 19.3 Å². The van der Waals surface area contributed by atoms with Crippen LogP contribution in [0.2, 0.25) is 0 Å². The van der Waals surface area contributed by atoms with Crippen molar-refractivity contribution < 1.29 is 48.0 Å². The van der Waals surface area contributed by atoms with Crippen molar-refractivity contribution in [3.8, 4) is 5.75 Å². The minimum absolute atomic E-state index is 0.0196. The van der Waals surface area contributed by atoms with E-state index in [0.717, 1.165) is 0 Å². The second-order valence-corrected chi connectivity index (χ2v) is 8.24. The van der Waals surface area contributed by atoms with E-state index in [-0.39, 0.29) is 30.6 Å². The highest BCUT2D eigenvalue weighted by molar-refractivity contribution is 5.90. The number of ether oxygens (including phenoxy) is 5. The van der Waals surface area contributed by atoms with E-state index in [1.807, 2.05) is 6.92 Å². The molecule has 0 aliphatic carbocycles. The van der Waals surface area contributed by atoms with Gasteiger partial charge in [-0.15, -0.1) is 0 Å². The van der Waals surface area contributed by atoms with Gasteiger partial charge in [0.05, 0.1) is 6.10 Å². The molecule has 10 heteroatoms. The Labute approximate surface area is 204 Å². The minimum Gasteiger partial charge on any atom is -0.478 e. The number of rotatable bonds is 12. The van der Waals surface area contributed by atoms with Crippen molar-refractivity contribution in [1.82, 2.24) is 0 Å². The summed E-state index contributed by atoms with van der Waals surface area (Å²) in [5.41, 5.74) is -0.126. The fraction of sp³-hybridized carbons (Fsp3) is 0.600. The maximum absolute atomic E-state index is 12.5. The fourth-order valence-corrected chi connectivity index (χ4v) is 3.61. The van der Waals surface area contributed by atoms with E-state index in [9.17, 15) is 24.3 Å². The highest BCUT2D eigenvalue weighted by atomic mass is 16.7. The third-order valence-corrected chi connectivity index (χ3v) is 5.25. The summed E-state index contributed by atoms with van der Waals surface area (Å²) in [4.78, 5) is 48.9. The SMILES string of the molecule is CCCC(=O)O[C@H]1[C@H](OC(=O)CCC)[C@H](Oc2ccccc2C(=O)O)O[C@@H](C)[C@H]1OC(=O)CCC. The number of para-hydroxylation sites is 1. The molecule has 1 heterocycles. The zero-order valence-corrected chi connectivity index (χ0v) is 20.6. The number of carbonyl (C=O) groups excluding carboxylic acids is 3. The number of carboxylic acids is 1. The van der Waals surface area contributed by atoms with Gasteiger partial charge in [-0.2, -0.15) is 0 Å². The van der Waals surface area contributed by atoms with Gasteiger partial charge in [0, 0.05) is 19.3 Å². The van der Waals surface area contributed by atoms with E-state index in [2.05, 4.69) is 0 Å². The number of carbonyl (C=O) groups is 4. The summed E-state index contributed by atoms with van der Waals surface area (Å²) in [6.07, 6.45) is -3.85. The lowest BCUT2D eigenvalue weighted by atomic mass is 9.98. The summed E-state index contributed by atoms with van der Waals surface area (Å²) in [5, 5.41) is 9.52. The Morgan fingerprint density at radius 1 is 0.800 bits per heavy atom. The van der Waals surface area contributed by atoms with Gasteiger partial charge in [-0.05, 0) is 38.3 Å². The van der Waals surface area contributed by atoms with Crippen LogP contribution in [-0.4, -0.2) is 59.7 Å². The smallest absolute Gasteiger partial charge is 0.339 e. The molecule has 1 aromatic rings. The van der Waals surface area contributed by atoms with Gasteiger partial charge in [0.25, 0.3) is 0 Å². The van der Waals surface area contributed by atoms with Crippen molar-refractivity contribution in [2.75, 3.05) is 0 Å². The Morgan fingerprint density at radius 2 is 1.29 bits per heavy atom. The summed E-state index contributed by atoms with van der Waals surface area (Å²) >= 11 is 0. The first-order valence-corrected chi connectivity index (χ1v) is 11.9. The molecule has 1 aromatic carbocycles. The molecule has 5 atom stereocenters. The molecule has 10 nitrogen and oxygen atoms in total. The first-order chi connectivity index (χ1) is 16.7. The van der Waals surface area contributed by atoms with Crippen LogP contribution in [0.1, 0.15) is 76.6 Å². The van der Waals surface area contributed by atoms with Crippen molar-refractivity contribution in [2.45, 2.75) is 96.9 Å². The molecule has 0 radical (unpaired) electrons. The molecule has 0 bridgehead atoms. The third kappa shape index (κ3) is 7.95. The molecule has 35 heavy (non-hydrogen) atoms. The molecule has 0 spiro atoms. The maximum Gasteiger partial charge on any atom is 0.339 e. The van der Waals surface area contributed by atoms with Gasteiger partial charge in [-0.1, -0.05) is 32.9 Å². The Balaban J connectivity index is 2.46. The second-order valence-electron chi connectivity index (χ2n) is 8.24. The quantitative estimate of drug-likeness (QED) is 0.339. The number of carboxylic acid groups (broad SMARTS) is 1. The van der Waals surface area contributed by atoms with Crippen LogP contribution >= 0.6 is 0 Å². The van der Waals surface area contributed by atoms with Crippen molar-refractivity contribution >= 4 is 23.9 Å². The average Bonchev–Trinajstić information content (AvgIpc) is 2.79. The van der Waals surface area contributed by atoms with E-state index < -0.39 is 54.6 Å². The summed E-state index contributed by atoms with van der Waals surface area (Å²) in [7, 11) is 0. The highest BCUT2D eigenvalue weighted by Gasteiger charge is 2.52. The van der Waals surface area contributed by atoms with Crippen LogP contribution in [0, 0.1) is 0 Å². The fourth-order valence-electron chi connectivity index (χ4n) is 3.61. The Morgan fingerprint density at radius 3 is 1.80 bits per heavy atom. The maximum atomic E-state index is 12.5. The van der Waals surface area contributed by atoms with E-state index in [1.54, 1.807) is 26.8 Å². The van der Waals surface area contributed by atoms with Crippen molar-refractivity contribution in [3.05, 3.63) is 29.8 Å². The zero-order valence-electron chi connectivity index (χ0n) is 20.6. The van der Waals surface area contributed by atoms with Gasteiger partial charge in [-0.25, -0.2) is 4.79 Å². The van der Waals surface area contributed by atoms with Gasteiger partial charge in [0.1, 0.15) is 11.3 Å².